The maximum Gasteiger partial charge on any atom is 0.336 e. The number of pyridine rings is 1. The summed E-state index contributed by atoms with van der Waals surface area (Å²) < 4.78 is 37.8. The molecule has 1 N–H and O–H groups in total. The van der Waals surface area contributed by atoms with Crippen molar-refractivity contribution in [3.8, 4) is 0 Å². The normalized spacial score (nSPS) is 11.3. The lowest BCUT2D eigenvalue weighted by Crippen LogP contribution is -2.08. The molecule has 0 atom stereocenters. The molecule has 110 valence electrons. The molecule has 0 spiro atoms. The van der Waals surface area contributed by atoms with E-state index in [-0.39, 0.29) is 20.5 Å². The van der Waals surface area contributed by atoms with Crippen LogP contribution in [0, 0.1) is 5.82 Å². The number of carbonyl (C=O) groups is 1. The number of hydrogen-bond acceptors (Lipinski definition) is 4. The molecule has 8 heteroatoms. The minimum atomic E-state index is -3.79. The molecule has 5 nitrogen and oxygen atoms in total. The van der Waals surface area contributed by atoms with Crippen LogP contribution in [0.1, 0.15) is 15.9 Å². The number of sulfone groups is 1. The van der Waals surface area contributed by atoms with Gasteiger partial charge in [-0.1, -0.05) is 0 Å². The van der Waals surface area contributed by atoms with Crippen LogP contribution in [0.3, 0.4) is 0 Å². The smallest absolute Gasteiger partial charge is 0.336 e. The van der Waals surface area contributed by atoms with Crippen molar-refractivity contribution in [2.24, 2.45) is 0 Å². The van der Waals surface area contributed by atoms with Crippen LogP contribution >= 0.6 is 15.9 Å². The van der Waals surface area contributed by atoms with Gasteiger partial charge in [-0.25, -0.2) is 17.6 Å². The van der Waals surface area contributed by atoms with Crippen LogP contribution in [0.4, 0.5) is 4.39 Å². The zero-order chi connectivity index (χ0) is 15.6. The fourth-order valence-electron chi connectivity index (χ4n) is 1.70. The highest BCUT2D eigenvalue weighted by molar-refractivity contribution is 9.10. The van der Waals surface area contributed by atoms with E-state index in [0.29, 0.717) is 0 Å². The van der Waals surface area contributed by atoms with E-state index >= 15 is 0 Å². The first-order valence-corrected chi connectivity index (χ1v) is 8.09. The van der Waals surface area contributed by atoms with Gasteiger partial charge in [0, 0.05) is 10.7 Å². The van der Waals surface area contributed by atoms with E-state index in [1.54, 1.807) is 0 Å². The van der Waals surface area contributed by atoms with Crippen LogP contribution in [0.2, 0.25) is 0 Å². The van der Waals surface area contributed by atoms with Gasteiger partial charge in [0.15, 0.2) is 9.84 Å². The third kappa shape index (κ3) is 3.64. The fraction of sp³-hybridized carbons (Fsp3) is 0.0769. The molecule has 0 aliphatic carbocycles. The SMILES string of the molecule is O=C(O)c1cc(S(=O)(=O)Cc2cncc(F)c2)ccc1Br. The molecule has 0 aliphatic heterocycles. The molecule has 0 fully saturated rings. The molecular weight excluding hydrogens is 365 g/mol. The minimum Gasteiger partial charge on any atom is -0.478 e. The number of carboxylic acid groups (broad SMARTS) is 1. The molecular formula is C13H9BrFNO4S. The Kier molecular flexibility index (Phi) is 4.38. The van der Waals surface area contributed by atoms with Gasteiger partial charge in [0.25, 0.3) is 0 Å². The maximum absolute atomic E-state index is 13.0. The van der Waals surface area contributed by atoms with Crippen molar-refractivity contribution in [1.29, 1.82) is 0 Å². The molecule has 0 radical (unpaired) electrons. The summed E-state index contributed by atoms with van der Waals surface area (Å²) >= 11 is 3.04. The minimum absolute atomic E-state index is 0.146. The summed E-state index contributed by atoms with van der Waals surface area (Å²) in [6.07, 6.45) is 2.22. The number of nitrogens with zero attached hydrogens (tertiary/aromatic N) is 1. The number of aromatic carboxylic acids is 1. The predicted octanol–water partition coefficient (Wildman–Crippen LogP) is 2.66. The molecule has 0 unspecified atom stereocenters. The third-order valence-corrected chi connectivity index (χ3v) is 5.02. The van der Waals surface area contributed by atoms with Crippen molar-refractivity contribution in [3.63, 3.8) is 0 Å². The lowest BCUT2D eigenvalue weighted by atomic mass is 10.2. The second kappa shape index (κ2) is 5.90. The lowest BCUT2D eigenvalue weighted by Gasteiger charge is -2.07. The molecule has 0 saturated heterocycles. The van der Waals surface area contributed by atoms with Gasteiger partial charge < -0.3 is 5.11 Å². The monoisotopic (exact) mass is 373 g/mol. The standard InChI is InChI=1S/C13H9BrFNO4S/c14-12-2-1-10(4-11(12)13(17)18)21(19,20)7-8-3-9(15)6-16-5-8/h1-6H,7H2,(H,17,18). The molecule has 1 heterocycles. The van der Waals surface area contributed by atoms with Crippen LogP contribution in [-0.2, 0) is 15.6 Å². The zero-order valence-corrected chi connectivity index (χ0v) is 12.9. The summed E-state index contributed by atoms with van der Waals surface area (Å²) in [7, 11) is -3.79. The van der Waals surface area contributed by atoms with E-state index in [1.807, 2.05) is 0 Å². The highest BCUT2D eigenvalue weighted by atomic mass is 79.9. The molecule has 21 heavy (non-hydrogen) atoms. The topological polar surface area (TPSA) is 84.3 Å². The van der Waals surface area contributed by atoms with Crippen LogP contribution in [-0.4, -0.2) is 24.5 Å². The van der Waals surface area contributed by atoms with E-state index in [4.69, 9.17) is 5.11 Å². The Bertz CT molecular complexity index is 808. The van der Waals surface area contributed by atoms with Crippen LogP contribution in [0.25, 0.3) is 0 Å². The molecule has 0 saturated carbocycles. The van der Waals surface area contributed by atoms with Crippen molar-refractivity contribution < 1.29 is 22.7 Å². The van der Waals surface area contributed by atoms with E-state index in [9.17, 15) is 17.6 Å². The predicted molar refractivity (Wildman–Crippen MR) is 76.2 cm³/mol. The van der Waals surface area contributed by atoms with Crippen molar-refractivity contribution >= 4 is 31.7 Å². The summed E-state index contributed by atoms with van der Waals surface area (Å²) in [6.45, 7) is 0. The number of hydrogen-bond donors (Lipinski definition) is 1. The molecule has 0 amide bonds. The molecule has 2 rings (SSSR count). The largest absolute Gasteiger partial charge is 0.478 e. The number of carboxylic acids is 1. The number of halogens is 2. The molecule has 1 aromatic carbocycles. The average molecular weight is 374 g/mol. The highest BCUT2D eigenvalue weighted by Gasteiger charge is 2.19. The Morgan fingerprint density at radius 3 is 2.62 bits per heavy atom. The Morgan fingerprint density at radius 2 is 2.00 bits per heavy atom. The molecule has 2 aromatic rings. The Morgan fingerprint density at radius 1 is 1.29 bits per heavy atom. The number of benzene rings is 1. The zero-order valence-electron chi connectivity index (χ0n) is 10.5. The van der Waals surface area contributed by atoms with Crippen molar-refractivity contribution in [3.05, 3.63) is 58.1 Å². The van der Waals surface area contributed by atoms with Gasteiger partial charge in [-0.2, -0.15) is 0 Å². The second-order valence-corrected chi connectivity index (χ2v) is 7.06. The molecule has 0 aliphatic rings. The van der Waals surface area contributed by atoms with Gasteiger partial charge in [-0.15, -0.1) is 0 Å². The van der Waals surface area contributed by atoms with Crippen molar-refractivity contribution in [2.45, 2.75) is 10.6 Å². The summed E-state index contributed by atoms with van der Waals surface area (Å²) in [4.78, 5) is 14.5. The van der Waals surface area contributed by atoms with E-state index in [2.05, 4.69) is 20.9 Å². The molecule has 1 aromatic heterocycles. The first kappa shape index (κ1) is 15.6. The van der Waals surface area contributed by atoms with E-state index < -0.39 is 27.4 Å². The first-order valence-electron chi connectivity index (χ1n) is 5.64. The number of aromatic nitrogens is 1. The highest BCUT2D eigenvalue weighted by Crippen LogP contribution is 2.23. The van der Waals surface area contributed by atoms with Gasteiger partial charge in [0.05, 0.1) is 22.4 Å². The van der Waals surface area contributed by atoms with E-state index in [0.717, 1.165) is 18.3 Å². The van der Waals surface area contributed by atoms with Gasteiger partial charge in [0.1, 0.15) is 5.82 Å². The Balaban J connectivity index is 2.40. The number of rotatable bonds is 4. The summed E-state index contributed by atoms with van der Waals surface area (Å²) in [5.41, 5.74) is 0.0308. The average Bonchev–Trinajstić information content (AvgIpc) is 2.38. The Labute approximate surface area is 128 Å². The third-order valence-electron chi connectivity index (χ3n) is 2.65. The summed E-state index contributed by atoms with van der Waals surface area (Å²) in [5, 5.41) is 9.00. The van der Waals surface area contributed by atoms with Crippen molar-refractivity contribution in [1.82, 2.24) is 4.98 Å². The fourth-order valence-corrected chi connectivity index (χ4v) is 3.45. The quantitative estimate of drug-likeness (QED) is 0.890. The van der Waals surface area contributed by atoms with Gasteiger partial charge in [0.2, 0.25) is 0 Å². The summed E-state index contributed by atoms with van der Waals surface area (Å²) in [6, 6.07) is 4.77. The van der Waals surface area contributed by atoms with Gasteiger partial charge in [-0.3, -0.25) is 4.98 Å². The van der Waals surface area contributed by atoms with Crippen LogP contribution < -0.4 is 0 Å². The maximum atomic E-state index is 13.0. The van der Waals surface area contributed by atoms with Crippen molar-refractivity contribution in [2.75, 3.05) is 0 Å². The van der Waals surface area contributed by atoms with Crippen LogP contribution in [0.15, 0.2) is 46.0 Å². The summed E-state index contributed by atoms with van der Waals surface area (Å²) in [5.74, 6) is -2.34. The van der Waals surface area contributed by atoms with Gasteiger partial charge >= 0.3 is 5.97 Å². The first-order chi connectivity index (χ1) is 9.79. The van der Waals surface area contributed by atoms with E-state index in [1.165, 1.54) is 18.3 Å². The lowest BCUT2D eigenvalue weighted by molar-refractivity contribution is 0.0695. The Hall–Kier alpha value is -1.80. The molecule has 0 bridgehead atoms. The van der Waals surface area contributed by atoms with Crippen LogP contribution in [0.5, 0.6) is 0 Å². The second-order valence-electron chi connectivity index (χ2n) is 4.22. The van der Waals surface area contributed by atoms with Gasteiger partial charge in [-0.05, 0) is 45.8 Å².